The van der Waals surface area contributed by atoms with Gasteiger partial charge in [0, 0.05) is 31.2 Å². The standard InChI is InChI=1S/C25H31N3O5S/c1-17-13-20-14-22(11-12-23(20)28(17)25(30)19-5-4-6-19)34(31,32)27(2)16-24(29)26-15-18-7-9-21(33-3)10-8-18/h7-12,14,17,19H,4-6,13,15-16H2,1-3H3,(H,26,29)/t17-/m1/s1. The van der Waals surface area contributed by atoms with E-state index in [-0.39, 0.29) is 35.9 Å². The summed E-state index contributed by atoms with van der Waals surface area (Å²) in [6, 6.07) is 12.2. The van der Waals surface area contributed by atoms with Gasteiger partial charge in [0.25, 0.3) is 0 Å². The number of carbonyl (C=O) groups is 2. The van der Waals surface area contributed by atoms with Crippen molar-refractivity contribution in [3.63, 3.8) is 0 Å². The second-order valence-electron chi connectivity index (χ2n) is 9.07. The molecule has 2 aromatic carbocycles. The molecule has 1 aliphatic carbocycles. The normalized spacial score (nSPS) is 17.9. The Morgan fingerprint density at radius 3 is 2.47 bits per heavy atom. The van der Waals surface area contributed by atoms with Gasteiger partial charge in [0.15, 0.2) is 0 Å². The smallest absolute Gasteiger partial charge is 0.243 e. The number of amides is 2. The van der Waals surface area contributed by atoms with Gasteiger partial charge in [-0.3, -0.25) is 9.59 Å². The molecule has 1 aliphatic heterocycles. The van der Waals surface area contributed by atoms with Gasteiger partial charge in [0.2, 0.25) is 21.8 Å². The largest absolute Gasteiger partial charge is 0.497 e. The number of carbonyl (C=O) groups excluding carboxylic acids is 2. The van der Waals surface area contributed by atoms with Crippen molar-refractivity contribution in [1.82, 2.24) is 9.62 Å². The minimum Gasteiger partial charge on any atom is -0.497 e. The Labute approximate surface area is 200 Å². The first-order chi connectivity index (χ1) is 16.2. The molecule has 0 spiro atoms. The number of benzene rings is 2. The highest BCUT2D eigenvalue weighted by Crippen LogP contribution is 2.38. The molecule has 182 valence electrons. The number of rotatable bonds is 8. The summed E-state index contributed by atoms with van der Waals surface area (Å²) < 4.78 is 32.4. The molecule has 1 N–H and O–H groups in total. The van der Waals surface area contributed by atoms with E-state index in [1.165, 1.54) is 13.1 Å². The van der Waals surface area contributed by atoms with Gasteiger partial charge < -0.3 is 15.0 Å². The minimum atomic E-state index is -3.86. The van der Waals surface area contributed by atoms with Gasteiger partial charge in [-0.1, -0.05) is 18.6 Å². The molecule has 4 rings (SSSR count). The zero-order chi connectivity index (χ0) is 24.5. The maximum Gasteiger partial charge on any atom is 0.243 e. The van der Waals surface area contributed by atoms with Crippen molar-refractivity contribution in [2.45, 2.75) is 50.1 Å². The summed E-state index contributed by atoms with van der Waals surface area (Å²) in [6.07, 6.45) is 3.55. The van der Waals surface area contributed by atoms with Gasteiger partial charge in [-0.15, -0.1) is 0 Å². The highest BCUT2D eigenvalue weighted by atomic mass is 32.2. The highest BCUT2D eigenvalue weighted by Gasteiger charge is 2.37. The van der Waals surface area contributed by atoms with Crippen LogP contribution in [0.3, 0.4) is 0 Å². The number of anilines is 1. The van der Waals surface area contributed by atoms with Gasteiger partial charge in [-0.2, -0.15) is 4.31 Å². The minimum absolute atomic E-state index is 0.00233. The summed E-state index contributed by atoms with van der Waals surface area (Å²) in [5, 5.41) is 2.75. The van der Waals surface area contributed by atoms with E-state index in [4.69, 9.17) is 4.74 Å². The van der Waals surface area contributed by atoms with Crippen LogP contribution in [-0.4, -0.2) is 51.3 Å². The van der Waals surface area contributed by atoms with Crippen molar-refractivity contribution < 1.29 is 22.7 Å². The van der Waals surface area contributed by atoms with E-state index in [1.54, 1.807) is 31.4 Å². The van der Waals surface area contributed by atoms with E-state index in [0.717, 1.165) is 46.1 Å². The molecular formula is C25H31N3O5S. The van der Waals surface area contributed by atoms with Crippen molar-refractivity contribution in [2.75, 3.05) is 25.6 Å². The fraction of sp³-hybridized carbons (Fsp3) is 0.440. The molecule has 2 aliphatic rings. The number of hydrogen-bond acceptors (Lipinski definition) is 5. The van der Waals surface area contributed by atoms with Crippen LogP contribution in [0, 0.1) is 5.92 Å². The Kier molecular flexibility index (Phi) is 6.95. The first kappa shape index (κ1) is 24.2. The molecule has 2 amide bonds. The average Bonchev–Trinajstić information content (AvgIpc) is 3.11. The van der Waals surface area contributed by atoms with Gasteiger partial charge in [0.1, 0.15) is 5.75 Å². The molecule has 34 heavy (non-hydrogen) atoms. The Bertz CT molecular complexity index is 1180. The Morgan fingerprint density at radius 1 is 1.15 bits per heavy atom. The number of nitrogens with zero attached hydrogens (tertiary/aromatic N) is 2. The van der Waals surface area contributed by atoms with Gasteiger partial charge in [-0.25, -0.2) is 8.42 Å². The molecule has 0 unspecified atom stereocenters. The van der Waals surface area contributed by atoms with E-state index in [1.807, 2.05) is 24.0 Å². The number of methoxy groups -OCH3 is 1. The number of sulfonamides is 1. The molecule has 0 aromatic heterocycles. The lowest BCUT2D eigenvalue weighted by atomic mass is 9.84. The number of fused-ring (bicyclic) bond motifs is 1. The zero-order valence-electron chi connectivity index (χ0n) is 19.8. The number of likely N-dealkylation sites (N-methyl/N-ethyl adjacent to an activating group) is 1. The molecule has 2 aromatic rings. The molecular weight excluding hydrogens is 454 g/mol. The van der Waals surface area contributed by atoms with Crippen LogP contribution in [0.1, 0.15) is 37.3 Å². The average molecular weight is 486 g/mol. The molecule has 0 bridgehead atoms. The predicted octanol–water partition coefficient (Wildman–Crippen LogP) is 2.71. The van der Waals surface area contributed by atoms with Crippen LogP contribution in [-0.2, 0) is 32.6 Å². The van der Waals surface area contributed by atoms with E-state index in [2.05, 4.69) is 5.32 Å². The molecule has 1 saturated carbocycles. The predicted molar refractivity (Wildman–Crippen MR) is 129 cm³/mol. The Hall–Kier alpha value is -2.91. The topological polar surface area (TPSA) is 96.0 Å². The number of hydrogen-bond donors (Lipinski definition) is 1. The van der Waals surface area contributed by atoms with E-state index in [0.29, 0.717) is 6.42 Å². The maximum absolute atomic E-state index is 13.1. The van der Waals surface area contributed by atoms with Crippen LogP contribution in [0.5, 0.6) is 5.75 Å². The summed E-state index contributed by atoms with van der Waals surface area (Å²) in [5.41, 5.74) is 2.52. The first-order valence-electron chi connectivity index (χ1n) is 11.5. The van der Waals surface area contributed by atoms with Gasteiger partial charge >= 0.3 is 0 Å². The molecule has 0 saturated heterocycles. The third-order valence-electron chi connectivity index (χ3n) is 6.68. The molecule has 9 heteroatoms. The van der Waals surface area contributed by atoms with Gasteiger partial charge in [0.05, 0.1) is 18.6 Å². The molecule has 8 nitrogen and oxygen atoms in total. The molecule has 0 radical (unpaired) electrons. The lowest BCUT2D eigenvalue weighted by molar-refractivity contribution is -0.125. The van der Waals surface area contributed by atoms with E-state index >= 15 is 0 Å². The number of ether oxygens (including phenoxy) is 1. The number of nitrogens with one attached hydrogen (secondary N) is 1. The summed E-state index contributed by atoms with van der Waals surface area (Å²) in [6.45, 7) is 1.99. The summed E-state index contributed by atoms with van der Waals surface area (Å²) >= 11 is 0. The van der Waals surface area contributed by atoms with Gasteiger partial charge in [-0.05, 0) is 67.6 Å². The fourth-order valence-corrected chi connectivity index (χ4v) is 5.60. The third kappa shape index (κ3) is 4.81. The lowest BCUT2D eigenvalue weighted by Gasteiger charge is -2.32. The molecule has 1 fully saturated rings. The maximum atomic E-state index is 13.1. The highest BCUT2D eigenvalue weighted by molar-refractivity contribution is 7.89. The van der Waals surface area contributed by atoms with Crippen molar-refractivity contribution in [2.24, 2.45) is 5.92 Å². The second-order valence-corrected chi connectivity index (χ2v) is 11.1. The van der Waals surface area contributed by atoms with Crippen LogP contribution < -0.4 is 15.0 Å². The third-order valence-corrected chi connectivity index (χ3v) is 8.48. The lowest BCUT2D eigenvalue weighted by Crippen LogP contribution is -2.42. The van der Waals surface area contributed by atoms with E-state index < -0.39 is 15.9 Å². The SMILES string of the molecule is COc1ccc(CNC(=O)CN(C)S(=O)(=O)c2ccc3c(c2)C[C@@H](C)N3C(=O)C2CCC2)cc1. The second kappa shape index (κ2) is 9.76. The Balaban J connectivity index is 1.40. The summed E-state index contributed by atoms with van der Waals surface area (Å²) in [7, 11) is -0.884. The summed E-state index contributed by atoms with van der Waals surface area (Å²) in [4.78, 5) is 27.2. The van der Waals surface area contributed by atoms with Crippen LogP contribution in [0.25, 0.3) is 0 Å². The van der Waals surface area contributed by atoms with Crippen molar-refractivity contribution >= 4 is 27.5 Å². The van der Waals surface area contributed by atoms with Crippen LogP contribution in [0.2, 0.25) is 0 Å². The fourth-order valence-electron chi connectivity index (χ4n) is 4.42. The molecule has 1 atom stereocenters. The van der Waals surface area contributed by atoms with Crippen molar-refractivity contribution in [3.05, 3.63) is 53.6 Å². The quantitative estimate of drug-likeness (QED) is 0.620. The van der Waals surface area contributed by atoms with E-state index in [9.17, 15) is 18.0 Å². The monoisotopic (exact) mass is 485 g/mol. The Morgan fingerprint density at radius 2 is 1.85 bits per heavy atom. The van der Waals surface area contributed by atoms with Crippen molar-refractivity contribution in [1.29, 1.82) is 0 Å². The zero-order valence-corrected chi connectivity index (χ0v) is 20.6. The molecule has 1 heterocycles. The first-order valence-corrected chi connectivity index (χ1v) is 13.0. The van der Waals surface area contributed by atoms with Crippen molar-refractivity contribution in [3.8, 4) is 5.75 Å². The summed E-state index contributed by atoms with van der Waals surface area (Å²) in [5.74, 6) is 0.548. The van der Waals surface area contributed by atoms with Crippen LogP contribution >= 0.6 is 0 Å². The van der Waals surface area contributed by atoms with Crippen LogP contribution in [0.4, 0.5) is 5.69 Å². The van der Waals surface area contributed by atoms with Crippen LogP contribution in [0.15, 0.2) is 47.4 Å².